The van der Waals surface area contributed by atoms with E-state index in [-0.39, 0.29) is 12.1 Å². The first-order valence-corrected chi connectivity index (χ1v) is 11.6. The van der Waals surface area contributed by atoms with E-state index in [0.717, 1.165) is 35.5 Å². The minimum absolute atomic E-state index is 0.0294. The zero-order chi connectivity index (χ0) is 25.4. The molecule has 4 rings (SSSR count). The van der Waals surface area contributed by atoms with Gasteiger partial charge in [0.25, 0.3) is 0 Å². The highest BCUT2D eigenvalue weighted by Gasteiger charge is 2.34. The standard InChI is InChI=1S/C26H30F3N3O3/c1-25(2,3)35-24(33)31(4)20-11-13-32(16-20)23-21-15-18(7-10-22(21)34-14-12-30-23)17-5-8-19(9-6-17)26(27,28)29/h5-10,15,20H,11-14,16H2,1-4H3/t20-/m1/s1. The topological polar surface area (TPSA) is 54.4 Å². The molecule has 2 aliphatic heterocycles. The molecule has 0 radical (unpaired) electrons. The minimum atomic E-state index is -4.38. The largest absolute Gasteiger partial charge is 0.491 e. The van der Waals surface area contributed by atoms with Crippen LogP contribution in [0.25, 0.3) is 11.1 Å². The zero-order valence-corrected chi connectivity index (χ0v) is 20.4. The second-order valence-corrected chi connectivity index (χ2v) is 9.82. The zero-order valence-electron chi connectivity index (χ0n) is 20.4. The summed E-state index contributed by atoms with van der Waals surface area (Å²) in [6.07, 6.45) is -3.97. The average molecular weight is 490 g/mol. The van der Waals surface area contributed by atoms with Crippen LogP contribution in [0.5, 0.6) is 5.75 Å². The lowest BCUT2D eigenvalue weighted by Crippen LogP contribution is -2.42. The monoisotopic (exact) mass is 489 g/mol. The van der Waals surface area contributed by atoms with E-state index in [2.05, 4.69) is 4.90 Å². The van der Waals surface area contributed by atoms with Gasteiger partial charge >= 0.3 is 12.3 Å². The molecule has 1 fully saturated rings. The Hall–Kier alpha value is -3.23. The first-order valence-electron chi connectivity index (χ1n) is 11.6. The number of alkyl halides is 3. The molecule has 1 atom stereocenters. The molecule has 188 valence electrons. The first-order chi connectivity index (χ1) is 16.4. The van der Waals surface area contributed by atoms with Gasteiger partial charge in [-0.1, -0.05) is 18.2 Å². The summed E-state index contributed by atoms with van der Waals surface area (Å²) >= 11 is 0. The molecule has 0 unspecified atom stereocenters. The molecule has 2 aromatic rings. The molecule has 2 aromatic carbocycles. The van der Waals surface area contributed by atoms with Crippen molar-refractivity contribution in [3.63, 3.8) is 0 Å². The van der Waals surface area contributed by atoms with Crippen molar-refractivity contribution in [1.29, 1.82) is 0 Å². The molecule has 1 amide bonds. The molecule has 0 bridgehead atoms. The summed E-state index contributed by atoms with van der Waals surface area (Å²) in [7, 11) is 1.75. The molecule has 0 spiro atoms. The van der Waals surface area contributed by atoms with Crippen LogP contribution in [0.1, 0.15) is 38.3 Å². The van der Waals surface area contributed by atoms with Crippen molar-refractivity contribution in [1.82, 2.24) is 9.80 Å². The van der Waals surface area contributed by atoms with Crippen molar-refractivity contribution < 1.29 is 27.4 Å². The van der Waals surface area contributed by atoms with Gasteiger partial charge in [-0.15, -0.1) is 0 Å². The Morgan fingerprint density at radius 2 is 1.80 bits per heavy atom. The fourth-order valence-electron chi connectivity index (χ4n) is 4.26. The van der Waals surface area contributed by atoms with Gasteiger partial charge < -0.3 is 19.3 Å². The second kappa shape index (κ2) is 9.43. The fraction of sp³-hybridized carbons (Fsp3) is 0.462. The predicted octanol–water partition coefficient (Wildman–Crippen LogP) is 5.45. The maximum absolute atomic E-state index is 13.0. The van der Waals surface area contributed by atoms with Crippen LogP contribution in [0.4, 0.5) is 18.0 Å². The van der Waals surface area contributed by atoms with Crippen molar-refractivity contribution in [2.24, 2.45) is 4.99 Å². The summed E-state index contributed by atoms with van der Waals surface area (Å²) in [4.78, 5) is 21.1. The number of carbonyl (C=O) groups is 1. The van der Waals surface area contributed by atoms with Crippen LogP contribution < -0.4 is 4.74 Å². The molecule has 0 saturated carbocycles. The summed E-state index contributed by atoms with van der Waals surface area (Å²) in [5.41, 5.74) is 0.991. The third-order valence-electron chi connectivity index (χ3n) is 6.07. The smallest absolute Gasteiger partial charge is 0.416 e. The van der Waals surface area contributed by atoms with Gasteiger partial charge in [0.05, 0.1) is 23.7 Å². The van der Waals surface area contributed by atoms with E-state index in [9.17, 15) is 18.0 Å². The Labute approximate surface area is 203 Å². The highest BCUT2D eigenvalue weighted by atomic mass is 19.4. The Morgan fingerprint density at radius 3 is 2.46 bits per heavy atom. The van der Waals surface area contributed by atoms with Crippen LogP contribution in [0.3, 0.4) is 0 Å². The number of likely N-dealkylation sites (tertiary alicyclic amines) is 1. The number of amidine groups is 1. The van der Waals surface area contributed by atoms with Crippen molar-refractivity contribution in [3.05, 3.63) is 53.6 Å². The maximum Gasteiger partial charge on any atom is 0.416 e. The number of amides is 1. The SMILES string of the molecule is CN(C(=O)OC(C)(C)C)[C@@H]1CCN(C2=NCCOc3ccc(-c4ccc(C(F)(F)F)cc4)cc32)C1. The average Bonchev–Trinajstić information content (AvgIpc) is 3.17. The Kier molecular flexibility index (Phi) is 6.71. The highest BCUT2D eigenvalue weighted by Crippen LogP contribution is 2.34. The van der Waals surface area contributed by atoms with Crippen LogP contribution in [0.2, 0.25) is 0 Å². The third kappa shape index (κ3) is 5.71. The number of likely N-dealkylation sites (N-methyl/N-ethyl adjacent to an activating group) is 1. The molecule has 1 saturated heterocycles. The van der Waals surface area contributed by atoms with Crippen LogP contribution in [0.15, 0.2) is 47.5 Å². The van der Waals surface area contributed by atoms with Crippen molar-refractivity contribution in [2.75, 3.05) is 33.3 Å². The van der Waals surface area contributed by atoms with Crippen molar-refractivity contribution in [3.8, 4) is 16.9 Å². The first kappa shape index (κ1) is 24.9. The van der Waals surface area contributed by atoms with E-state index in [1.807, 2.05) is 39.0 Å². The number of halogens is 3. The Morgan fingerprint density at radius 1 is 1.11 bits per heavy atom. The van der Waals surface area contributed by atoms with Gasteiger partial charge in [0.15, 0.2) is 0 Å². The van der Waals surface area contributed by atoms with Gasteiger partial charge in [-0.25, -0.2) is 4.79 Å². The molecule has 9 heteroatoms. The number of hydrogen-bond acceptors (Lipinski definition) is 5. The number of benzene rings is 2. The van der Waals surface area contributed by atoms with Crippen molar-refractivity contribution in [2.45, 2.75) is 45.0 Å². The summed E-state index contributed by atoms with van der Waals surface area (Å²) in [6, 6.07) is 10.7. The Bertz CT molecular complexity index is 1110. The van der Waals surface area contributed by atoms with E-state index in [1.165, 1.54) is 12.1 Å². The lowest BCUT2D eigenvalue weighted by Gasteiger charge is -2.29. The van der Waals surface area contributed by atoms with Gasteiger partial charge in [0.2, 0.25) is 0 Å². The molecule has 0 aromatic heterocycles. The number of carbonyl (C=O) groups excluding carboxylic acids is 1. The predicted molar refractivity (Wildman–Crippen MR) is 128 cm³/mol. The Balaban J connectivity index is 1.56. The van der Waals surface area contributed by atoms with E-state index >= 15 is 0 Å². The number of nitrogens with zero attached hydrogens (tertiary/aromatic N) is 3. The number of rotatable bonds is 2. The maximum atomic E-state index is 13.0. The number of hydrogen-bond donors (Lipinski definition) is 0. The van der Waals surface area contributed by atoms with E-state index < -0.39 is 17.3 Å². The van der Waals surface area contributed by atoms with E-state index in [1.54, 1.807) is 11.9 Å². The molecule has 6 nitrogen and oxygen atoms in total. The van der Waals surface area contributed by atoms with Crippen LogP contribution in [-0.2, 0) is 10.9 Å². The number of aliphatic imine (C=N–C) groups is 1. The van der Waals surface area contributed by atoms with Gasteiger partial charge in [-0.3, -0.25) is 4.99 Å². The molecule has 35 heavy (non-hydrogen) atoms. The molecule has 2 aliphatic rings. The third-order valence-corrected chi connectivity index (χ3v) is 6.07. The molecular formula is C26H30F3N3O3. The highest BCUT2D eigenvalue weighted by molar-refractivity contribution is 6.02. The lowest BCUT2D eigenvalue weighted by atomic mass is 10.00. The molecule has 0 aliphatic carbocycles. The quantitative estimate of drug-likeness (QED) is 0.563. The number of ether oxygens (including phenoxy) is 2. The minimum Gasteiger partial charge on any atom is -0.491 e. The lowest BCUT2D eigenvalue weighted by molar-refractivity contribution is -0.137. The van der Waals surface area contributed by atoms with Gasteiger partial charge in [-0.05, 0) is 62.6 Å². The van der Waals surface area contributed by atoms with Crippen LogP contribution in [-0.4, -0.2) is 66.7 Å². The van der Waals surface area contributed by atoms with E-state index in [0.29, 0.717) is 37.6 Å². The van der Waals surface area contributed by atoms with Gasteiger partial charge in [0.1, 0.15) is 23.8 Å². The molecule has 2 heterocycles. The summed E-state index contributed by atoms with van der Waals surface area (Å²) < 4.78 is 50.3. The molecular weight excluding hydrogens is 459 g/mol. The summed E-state index contributed by atoms with van der Waals surface area (Å²) in [5, 5.41) is 0. The van der Waals surface area contributed by atoms with Crippen molar-refractivity contribution >= 4 is 11.9 Å². The van der Waals surface area contributed by atoms with E-state index in [4.69, 9.17) is 14.5 Å². The van der Waals surface area contributed by atoms with Crippen LogP contribution in [0, 0.1) is 0 Å². The normalized spacial score (nSPS) is 18.3. The number of fused-ring (bicyclic) bond motifs is 1. The van der Waals surface area contributed by atoms with Gasteiger partial charge in [0, 0.05) is 20.1 Å². The summed E-state index contributed by atoms with van der Waals surface area (Å²) in [6.45, 7) is 7.74. The molecule has 0 N–H and O–H groups in total. The van der Waals surface area contributed by atoms with Gasteiger partial charge in [-0.2, -0.15) is 13.2 Å². The van der Waals surface area contributed by atoms with Crippen LogP contribution >= 0.6 is 0 Å². The second-order valence-electron chi connectivity index (χ2n) is 9.82. The summed E-state index contributed by atoms with van der Waals surface area (Å²) in [5.74, 6) is 1.45. The fourth-order valence-corrected chi connectivity index (χ4v) is 4.26.